The van der Waals surface area contributed by atoms with Crippen molar-refractivity contribution in [3.05, 3.63) is 0 Å². The van der Waals surface area contributed by atoms with Crippen molar-refractivity contribution in [3.63, 3.8) is 0 Å². The zero-order chi connectivity index (χ0) is 18.4. The topological polar surface area (TPSA) is 65.1 Å². The van der Waals surface area contributed by atoms with Crippen molar-refractivity contribution in [1.82, 2.24) is 20.0 Å². The molecular formula is C19H36Cl2N4O3. The smallest absolute Gasteiger partial charge is 0.236 e. The molecule has 0 spiro atoms. The van der Waals surface area contributed by atoms with Crippen molar-refractivity contribution in [2.75, 3.05) is 72.1 Å². The first kappa shape index (κ1) is 25.4. The van der Waals surface area contributed by atoms with Gasteiger partial charge in [-0.05, 0) is 37.8 Å². The fourth-order valence-corrected chi connectivity index (χ4v) is 4.24. The van der Waals surface area contributed by atoms with Crippen LogP contribution in [0.3, 0.4) is 0 Å². The van der Waals surface area contributed by atoms with Crippen molar-refractivity contribution >= 4 is 36.6 Å². The molecule has 9 heteroatoms. The second kappa shape index (κ2) is 12.9. The average Bonchev–Trinajstić information content (AvgIpc) is 2.69. The summed E-state index contributed by atoms with van der Waals surface area (Å²) in [6, 6.07) is 0. The molecule has 0 bridgehead atoms. The van der Waals surface area contributed by atoms with Gasteiger partial charge in [0.05, 0.1) is 19.8 Å². The van der Waals surface area contributed by atoms with E-state index in [1.165, 1.54) is 12.8 Å². The zero-order valence-electron chi connectivity index (χ0n) is 16.9. The van der Waals surface area contributed by atoms with Crippen LogP contribution in [0.4, 0.5) is 0 Å². The summed E-state index contributed by atoms with van der Waals surface area (Å²) < 4.78 is 5.30. The van der Waals surface area contributed by atoms with Crippen LogP contribution in [0.1, 0.15) is 26.2 Å². The lowest BCUT2D eigenvalue weighted by Crippen LogP contribution is -2.52. The Hall–Kier alpha value is -0.600. The Labute approximate surface area is 181 Å². The van der Waals surface area contributed by atoms with E-state index in [1.807, 2.05) is 9.80 Å². The highest BCUT2D eigenvalue weighted by Crippen LogP contribution is 2.25. The largest absolute Gasteiger partial charge is 0.378 e. The second-order valence-corrected chi connectivity index (χ2v) is 7.92. The fraction of sp³-hybridized carbons (Fsp3) is 0.895. The minimum Gasteiger partial charge on any atom is -0.378 e. The molecule has 0 aromatic carbocycles. The van der Waals surface area contributed by atoms with E-state index in [2.05, 4.69) is 17.1 Å². The normalized spacial score (nSPS) is 22.8. The van der Waals surface area contributed by atoms with Crippen LogP contribution in [0.5, 0.6) is 0 Å². The van der Waals surface area contributed by atoms with Crippen molar-refractivity contribution in [2.45, 2.75) is 26.2 Å². The first-order valence-electron chi connectivity index (χ1n) is 10.2. The summed E-state index contributed by atoms with van der Waals surface area (Å²) in [7, 11) is 0. The lowest BCUT2D eigenvalue weighted by molar-refractivity contribution is -0.138. The van der Waals surface area contributed by atoms with Gasteiger partial charge in [0.25, 0.3) is 0 Å². The molecule has 2 amide bonds. The predicted molar refractivity (Wildman–Crippen MR) is 114 cm³/mol. The van der Waals surface area contributed by atoms with Gasteiger partial charge in [-0.1, -0.05) is 6.92 Å². The van der Waals surface area contributed by atoms with E-state index < -0.39 is 0 Å². The van der Waals surface area contributed by atoms with Crippen LogP contribution in [-0.2, 0) is 14.3 Å². The van der Waals surface area contributed by atoms with Gasteiger partial charge in [0.1, 0.15) is 0 Å². The number of amides is 2. The number of piperidine rings is 1. The van der Waals surface area contributed by atoms with Crippen LogP contribution in [0.25, 0.3) is 0 Å². The van der Waals surface area contributed by atoms with E-state index >= 15 is 0 Å². The first-order chi connectivity index (χ1) is 12.6. The lowest BCUT2D eigenvalue weighted by atomic mass is 9.84. The summed E-state index contributed by atoms with van der Waals surface area (Å²) in [5, 5.41) is 3.39. The molecule has 164 valence electrons. The summed E-state index contributed by atoms with van der Waals surface area (Å²) in [6.07, 6.45) is 3.04. The third-order valence-corrected chi connectivity index (χ3v) is 6.13. The van der Waals surface area contributed by atoms with Crippen LogP contribution in [0.15, 0.2) is 0 Å². The Morgan fingerprint density at radius 2 is 1.50 bits per heavy atom. The van der Waals surface area contributed by atoms with Gasteiger partial charge in [-0.3, -0.25) is 14.5 Å². The minimum absolute atomic E-state index is 0. The molecule has 0 aromatic rings. The van der Waals surface area contributed by atoms with Gasteiger partial charge in [-0.15, -0.1) is 24.8 Å². The summed E-state index contributed by atoms with van der Waals surface area (Å²) in [6.45, 7) is 10.6. The number of nitrogens with zero attached hydrogens (tertiary/aromatic N) is 3. The van der Waals surface area contributed by atoms with E-state index in [9.17, 15) is 9.59 Å². The van der Waals surface area contributed by atoms with E-state index in [0.717, 1.165) is 39.3 Å². The molecule has 0 aliphatic carbocycles. The van der Waals surface area contributed by atoms with E-state index in [1.54, 1.807) is 0 Å². The van der Waals surface area contributed by atoms with Crippen LogP contribution in [-0.4, -0.2) is 98.6 Å². The number of ether oxygens (including phenoxy) is 1. The van der Waals surface area contributed by atoms with Crippen molar-refractivity contribution in [3.8, 4) is 0 Å². The number of piperazine rings is 1. The van der Waals surface area contributed by atoms with Gasteiger partial charge in [0.15, 0.2) is 0 Å². The van der Waals surface area contributed by atoms with Crippen molar-refractivity contribution < 1.29 is 14.3 Å². The quantitative estimate of drug-likeness (QED) is 0.689. The van der Waals surface area contributed by atoms with Crippen molar-refractivity contribution in [2.24, 2.45) is 11.8 Å². The Kier molecular flexibility index (Phi) is 11.7. The highest BCUT2D eigenvalue weighted by molar-refractivity contribution is 5.85. The Morgan fingerprint density at radius 1 is 0.929 bits per heavy atom. The maximum atomic E-state index is 12.6. The molecule has 3 rings (SSSR count). The zero-order valence-corrected chi connectivity index (χ0v) is 18.6. The molecule has 3 saturated heterocycles. The molecule has 1 atom stereocenters. The molecule has 1 unspecified atom stereocenters. The average molecular weight is 439 g/mol. The van der Waals surface area contributed by atoms with Crippen LogP contribution in [0, 0.1) is 11.8 Å². The number of morpholine rings is 1. The van der Waals surface area contributed by atoms with Gasteiger partial charge in [0.2, 0.25) is 11.8 Å². The van der Waals surface area contributed by atoms with Crippen LogP contribution < -0.4 is 5.32 Å². The number of carbonyl (C=O) groups excluding carboxylic acids is 2. The molecule has 3 heterocycles. The number of hydrogen-bond acceptors (Lipinski definition) is 5. The molecule has 3 aliphatic heterocycles. The molecule has 3 aliphatic rings. The van der Waals surface area contributed by atoms with Gasteiger partial charge in [0, 0.05) is 45.7 Å². The van der Waals surface area contributed by atoms with E-state index in [-0.39, 0.29) is 36.6 Å². The van der Waals surface area contributed by atoms with Crippen LogP contribution >= 0.6 is 24.8 Å². The van der Waals surface area contributed by atoms with Gasteiger partial charge in [-0.2, -0.15) is 0 Å². The highest BCUT2D eigenvalue weighted by atomic mass is 35.5. The molecule has 0 aromatic heterocycles. The van der Waals surface area contributed by atoms with Crippen molar-refractivity contribution in [1.29, 1.82) is 0 Å². The molecule has 1 N–H and O–H groups in total. The third kappa shape index (κ3) is 7.34. The predicted octanol–water partition coefficient (Wildman–Crippen LogP) is 0.859. The number of halogens is 2. The number of rotatable bonds is 5. The molecule has 0 saturated carbocycles. The fourth-order valence-electron chi connectivity index (χ4n) is 4.24. The molecule has 0 radical (unpaired) electrons. The van der Waals surface area contributed by atoms with E-state index in [4.69, 9.17) is 4.74 Å². The Bertz CT molecular complexity index is 478. The van der Waals surface area contributed by atoms with Gasteiger partial charge >= 0.3 is 0 Å². The molecule has 7 nitrogen and oxygen atoms in total. The van der Waals surface area contributed by atoms with E-state index in [0.29, 0.717) is 51.1 Å². The summed E-state index contributed by atoms with van der Waals surface area (Å²) >= 11 is 0. The summed E-state index contributed by atoms with van der Waals surface area (Å²) in [5.74, 6) is 1.61. The summed E-state index contributed by atoms with van der Waals surface area (Å²) in [5.41, 5.74) is 0. The second-order valence-electron chi connectivity index (χ2n) is 7.92. The summed E-state index contributed by atoms with van der Waals surface area (Å²) in [4.78, 5) is 31.0. The third-order valence-electron chi connectivity index (χ3n) is 6.13. The number of hydrogen-bond donors (Lipinski definition) is 1. The lowest BCUT2D eigenvalue weighted by Gasteiger charge is -2.37. The SMILES string of the molecule is CC(CC(=O)N1CCN(CC(=O)N2CCOCC2)CC1)C1CCNCC1.Cl.Cl. The maximum Gasteiger partial charge on any atom is 0.236 e. The molecule has 28 heavy (non-hydrogen) atoms. The maximum absolute atomic E-state index is 12.6. The number of carbonyl (C=O) groups is 2. The minimum atomic E-state index is 0. The molecular weight excluding hydrogens is 403 g/mol. The standard InChI is InChI=1S/C19H34N4O3.2ClH/c1-16(17-2-4-20-5-3-17)14-18(24)22-8-6-21(7-9-22)15-19(25)23-10-12-26-13-11-23;;/h16-17,20H,2-15H2,1H3;2*1H. The Morgan fingerprint density at radius 3 is 2.11 bits per heavy atom. The Balaban J connectivity index is 0.00000196. The van der Waals surface area contributed by atoms with Crippen LogP contribution in [0.2, 0.25) is 0 Å². The highest BCUT2D eigenvalue weighted by Gasteiger charge is 2.27. The van der Waals surface area contributed by atoms with Gasteiger partial charge < -0.3 is 19.9 Å². The monoisotopic (exact) mass is 438 g/mol. The number of nitrogens with one attached hydrogen (secondary N) is 1. The first-order valence-corrected chi connectivity index (χ1v) is 10.2. The van der Waals surface area contributed by atoms with Gasteiger partial charge in [-0.25, -0.2) is 0 Å². The molecule has 3 fully saturated rings.